The molecule has 0 saturated carbocycles. The van der Waals surface area contributed by atoms with Crippen molar-refractivity contribution in [1.82, 2.24) is 14.7 Å². The van der Waals surface area contributed by atoms with Gasteiger partial charge in [0.15, 0.2) is 11.3 Å². The first-order valence-electron chi connectivity index (χ1n) is 9.95. The van der Waals surface area contributed by atoms with Gasteiger partial charge >= 0.3 is 5.69 Å². The van der Waals surface area contributed by atoms with Crippen LogP contribution in [0, 0.1) is 11.8 Å². The highest BCUT2D eigenvalue weighted by atomic mass is 16.5. The molecule has 0 radical (unpaired) electrons. The van der Waals surface area contributed by atoms with E-state index in [0.717, 1.165) is 5.39 Å². The van der Waals surface area contributed by atoms with E-state index in [2.05, 4.69) is 10.1 Å². The average molecular weight is 413 g/mol. The van der Waals surface area contributed by atoms with Crippen molar-refractivity contribution in [3.8, 4) is 0 Å². The van der Waals surface area contributed by atoms with Crippen molar-refractivity contribution in [2.75, 3.05) is 17.2 Å². The molecule has 0 aliphatic rings. The molecule has 0 fully saturated rings. The minimum Gasteiger partial charge on any atom is -0.383 e. The molecule has 0 unspecified atom stereocenters. The average Bonchev–Trinajstić information content (AvgIpc) is 3.06. The van der Waals surface area contributed by atoms with Crippen LogP contribution >= 0.6 is 0 Å². The fourth-order valence-electron chi connectivity index (χ4n) is 3.37. The second-order valence-electron chi connectivity index (χ2n) is 8.20. The van der Waals surface area contributed by atoms with Crippen LogP contribution in [-0.4, -0.2) is 27.2 Å². The summed E-state index contributed by atoms with van der Waals surface area (Å²) in [5.74, 6) is -0.182. The zero-order chi connectivity index (χ0) is 22.0. The number of anilines is 2. The smallest absolute Gasteiger partial charge is 0.330 e. The van der Waals surface area contributed by atoms with Crippen LogP contribution in [0.3, 0.4) is 0 Å². The molecule has 9 nitrogen and oxygen atoms in total. The van der Waals surface area contributed by atoms with E-state index in [1.54, 1.807) is 6.07 Å². The van der Waals surface area contributed by atoms with Crippen LogP contribution in [0.1, 0.15) is 33.4 Å². The topological polar surface area (TPSA) is 127 Å². The molecule has 0 saturated heterocycles. The number of para-hydroxylation sites is 1. The Labute approximate surface area is 173 Å². The summed E-state index contributed by atoms with van der Waals surface area (Å²) >= 11 is 0. The number of H-pyrrole nitrogens is 1. The van der Waals surface area contributed by atoms with Gasteiger partial charge in [0.1, 0.15) is 11.5 Å². The van der Waals surface area contributed by atoms with Crippen LogP contribution in [0.4, 0.5) is 11.5 Å². The predicted molar refractivity (Wildman–Crippen MR) is 115 cm³/mol. The number of nitrogens with one attached hydrogen (secondary N) is 1. The van der Waals surface area contributed by atoms with Crippen molar-refractivity contribution in [3.63, 3.8) is 0 Å². The summed E-state index contributed by atoms with van der Waals surface area (Å²) in [4.78, 5) is 41.8. The number of hydrogen-bond donors (Lipinski definition) is 2. The molecule has 160 valence electrons. The van der Waals surface area contributed by atoms with Gasteiger partial charge in [-0.05, 0) is 24.0 Å². The maximum absolute atomic E-state index is 13.3. The van der Waals surface area contributed by atoms with Crippen molar-refractivity contribution < 1.29 is 9.32 Å². The molecule has 0 aliphatic heterocycles. The van der Waals surface area contributed by atoms with Crippen LogP contribution < -0.4 is 21.9 Å². The molecule has 0 atom stereocenters. The summed E-state index contributed by atoms with van der Waals surface area (Å²) in [5.41, 5.74) is 6.01. The molecule has 3 aromatic rings. The fraction of sp³-hybridized carbons (Fsp3) is 0.429. The van der Waals surface area contributed by atoms with E-state index in [1.165, 1.54) is 9.47 Å². The van der Waals surface area contributed by atoms with E-state index in [4.69, 9.17) is 10.3 Å². The monoisotopic (exact) mass is 413 g/mol. The summed E-state index contributed by atoms with van der Waals surface area (Å²) in [5, 5.41) is 4.75. The first-order chi connectivity index (χ1) is 14.2. The van der Waals surface area contributed by atoms with Gasteiger partial charge in [-0.25, -0.2) is 4.79 Å². The lowest BCUT2D eigenvalue weighted by molar-refractivity contribution is -0.118. The van der Waals surface area contributed by atoms with Gasteiger partial charge < -0.3 is 15.2 Å². The molecular weight excluding hydrogens is 386 g/mol. The van der Waals surface area contributed by atoms with E-state index in [-0.39, 0.29) is 42.2 Å². The summed E-state index contributed by atoms with van der Waals surface area (Å²) in [6.45, 7) is 8.32. The molecule has 3 N–H and O–H groups in total. The Bertz CT molecular complexity index is 1170. The summed E-state index contributed by atoms with van der Waals surface area (Å²) in [7, 11) is 0. The lowest BCUT2D eigenvalue weighted by Crippen LogP contribution is -2.43. The minimum atomic E-state index is -0.684. The van der Waals surface area contributed by atoms with Crippen molar-refractivity contribution in [1.29, 1.82) is 0 Å². The van der Waals surface area contributed by atoms with Crippen LogP contribution in [-0.2, 0) is 17.8 Å². The van der Waals surface area contributed by atoms with E-state index in [0.29, 0.717) is 17.8 Å². The molecular formula is C21H27N5O4. The Morgan fingerprint density at radius 1 is 1.20 bits per heavy atom. The maximum atomic E-state index is 13.3. The summed E-state index contributed by atoms with van der Waals surface area (Å²) in [6.07, 6.45) is -0.0636. The van der Waals surface area contributed by atoms with E-state index in [9.17, 15) is 14.4 Å². The zero-order valence-corrected chi connectivity index (χ0v) is 17.6. The van der Waals surface area contributed by atoms with Crippen molar-refractivity contribution in [2.45, 2.75) is 40.7 Å². The number of nitrogens with zero attached hydrogens (tertiary/aromatic N) is 3. The lowest BCUT2D eigenvalue weighted by atomic mass is 10.1. The summed E-state index contributed by atoms with van der Waals surface area (Å²) < 4.78 is 6.58. The minimum absolute atomic E-state index is 0.0123. The van der Waals surface area contributed by atoms with Crippen molar-refractivity contribution in [2.24, 2.45) is 11.8 Å². The number of nitrogen functional groups attached to an aromatic ring is 1. The number of hydrogen-bond acceptors (Lipinski definition) is 6. The zero-order valence-electron chi connectivity index (χ0n) is 17.6. The fourth-order valence-corrected chi connectivity index (χ4v) is 3.37. The quantitative estimate of drug-likeness (QED) is 0.611. The highest BCUT2D eigenvalue weighted by molar-refractivity contribution is 5.98. The Hall–Kier alpha value is -3.36. The van der Waals surface area contributed by atoms with Crippen molar-refractivity contribution >= 4 is 28.4 Å². The van der Waals surface area contributed by atoms with E-state index < -0.39 is 11.2 Å². The van der Waals surface area contributed by atoms with Gasteiger partial charge in [0, 0.05) is 18.5 Å². The highest BCUT2D eigenvalue weighted by Gasteiger charge is 2.26. The molecule has 0 aliphatic carbocycles. The first kappa shape index (κ1) is 21.4. The Morgan fingerprint density at radius 2 is 1.90 bits per heavy atom. The van der Waals surface area contributed by atoms with Gasteiger partial charge in [-0.2, -0.15) is 0 Å². The number of amides is 1. The van der Waals surface area contributed by atoms with Gasteiger partial charge in [-0.15, -0.1) is 0 Å². The molecule has 0 spiro atoms. The summed E-state index contributed by atoms with van der Waals surface area (Å²) in [6, 6.07) is 7.25. The SMILES string of the molecule is CC(C)CN(C(=O)Cc1noc2ccccc12)c1c(N)n(CC(C)C)c(=O)[nH]c1=O. The van der Waals surface area contributed by atoms with Gasteiger partial charge in [-0.3, -0.25) is 19.1 Å². The van der Waals surface area contributed by atoms with Crippen molar-refractivity contribution in [3.05, 3.63) is 50.8 Å². The van der Waals surface area contributed by atoms with E-state index >= 15 is 0 Å². The number of carbonyl (C=O) groups excluding carboxylic acids is 1. The Morgan fingerprint density at radius 3 is 2.57 bits per heavy atom. The van der Waals surface area contributed by atoms with E-state index in [1.807, 2.05) is 45.9 Å². The molecule has 3 rings (SSSR count). The number of aromatic amines is 1. The van der Waals surface area contributed by atoms with Gasteiger partial charge in [0.05, 0.1) is 6.42 Å². The molecule has 2 heterocycles. The second kappa shape index (κ2) is 8.56. The molecule has 2 aromatic heterocycles. The maximum Gasteiger partial charge on any atom is 0.330 e. The Balaban J connectivity index is 2.05. The normalized spacial score (nSPS) is 11.5. The standard InChI is InChI=1S/C21H27N5O4/c1-12(2)10-25(17(27)9-15-14-7-5-6-8-16(14)30-24-15)18-19(22)26(11-13(3)4)21(29)23-20(18)28/h5-8,12-13H,9-11,22H2,1-4H3,(H,23,28,29). The third-order valence-electron chi connectivity index (χ3n) is 4.65. The molecule has 0 bridgehead atoms. The number of aromatic nitrogens is 3. The highest BCUT2D eigenvalue weighted by Crippen LogP contribution is 2.23. The van der Waals surface area contributed by atoms with Gasteiger partial charge in [0.25, 0.3) is 5.56 Å². The van der Waals surface area contributed by atoms with Crippen LogP contribution in [0.15, 0.2) is 38.4 Å². The number of benzene rings is 1. The number of carbonyl (C=O) groups is 1. The lowest BCUT2D eigenvalue weighted by Gasteiger charge is -2.26. The van der Waals surface area contributed by atoms with Crippen LogP contribution in [0.2, 0.25) is 0 Å². The third kappa shape index (κ3) is 4.29. The first-order valence-corrected chi connectivity index (χ1v) is 9.95. The molecule has 30 heavy (non-hydrogen) atoms. The molecule has 9 heteroatoms. The largest absolute Gasteiger partial charge is 0.383 e. The second-order valence-corrected chi connectivity index (χ2v) is 8.20. The number of fused-ring (bicyclic) bond motifs is 1. The third-order valence-corrected chi connectivity index (χ3v) is 4.65. The van der Waals surface area contributed by atoms with Crippen LogP contribution in [0.5, 0.6) is 0 Å². The molecule has 1 amide bonds. The van der Waals surface area contributed by atoms with Gasteiger partial charge in [-0.1, -0.05) is 45.0 Å². The predicted octanol–water partition coefficient (Wildman–Crippen LogP) is 2.15. The van der Waals surface area contributed by atoms with Crippen LogP contribution in [0.25, 0.3) is 11.0 Å². The number of rotatable bonds is 7. The molecule has 1 aromatic carbocycles. The van der Waals surface area contributed by atoms with Gasteiger partial charge in [0.2, 0.25) is 5.91 Å². The Kier molecular flexibility index (Phi) is 6.09. The number of nitrogens with two attached hydrogens (primary N) is 1.